The number of alkyl halides is 1. The van der Waals surface area contributed by atoms with Crippen LogP contribution in [0.5, 0.6) is 0 Å². The standard InChI is InChI=1S/C22H29F2NO5/c1-21(2,3)30-20(28)25-8-6-22(24,7-9-25)13-29-12-15-10-18(23)17(19(26)27)11-16(15)14-4-5-14/h10-11,14H,4-9,12-13H2,1-3H3,(H,26,27). The molecule has 8 heteroatoms. The molecule has 6 nitrogen and oxygen atoms in total. The van der Waals surface area contributed by atoms with Gasteiger partial charge in [0.05, 0.1) is 18.8 Å². The molecular formula is C22H29F2NO5. The predicted octanol–water partition coefficient (Wildman–Crippen LogP) is 4.66. The van der Waals surface area contributed by atoms with E-state index in [9.17, 15) is 14.0 Å². The lowest BCUT2D eigenvalue weighted by molar-refractivity contribution is -0.0374. The van der Waals surface area contributed by atoms with Crippen LogP contribution in [-0.2, 0) is 16.1 Å². The van der Waals surface area contributed by atoms with Crippen LogP contribution in [0.4, 0.5) is 13.6 Å². The van der Waals surface area contributed by atoms with Gasteiger partial charge in [0, 0.05) is 25.9 Å². The summed E-state index contributed by atoms with van der Waals surface area (Å²) in [5.74, 6) is -1.91. The van der Waals surface area contributed by atoms with E-state index < -0.39 is 29.1 Å². The van der Waals surface area contributed by atoms with E-state index in [2.05, 4.69) is 0 Å². The summed E-state index contributed by atoms with van der Waals surface area (Å²) in [7, 11) is 0. The molecule has 0 aromatic heterocycles. The Labute approximate surface area is 175 Å². The lowest BCUT2D eigenvalue weighted by Gasteiger charge is -2.36. The Morgan fingerprint density at radius 3 is 2.40 bits per heavy atom. The van der Waals surface area contributed by atoms with E-state index in [1.807, 2.05) is 0 Å². The highest BCUT2D eigenvalue weighted by Crippen LogP contribution is 2.42. The number of amides is 1. The summed E-state index contributed by atoms with van der Waals surface area (Å²) < 4.78 is 40.1. The molecule has 1 aromatic carbocycles. The largest absolute Gasteiger partial charge is 0.478 e. The number of carboxylic acids is 1. The number of benzene rings is 1. The van der Waals surface area contributed by atoms with E-state index in [0.717, 1.165) is 18.4 Å². The predicted molar refractivity (Wildman–Crippen MR) is 106 cm³/mol. The first-order chi connectivity index (χ1) is 14.0. The van der Waals surface area contributed by atoms with Crippen molar-refractivity contribution in [1.29, 1.82) is 0 Å². The number of carbonyl (C=O) groups is 2. The van der Waals surface area contributed by atoms with Gasteiger partial charge >= 0.3 is 12.1 Å². The average Bonchev–Trinajstić information content (AvgIpc) is 3.45. The lowest BCUT2D eigenvalue weighted by Crippen LogP contribution is -2.48. The number of piperidine rings is 1. The van der Waals surface area contributed by atoms with Crippen LogP contribution < -0.4 is 0 Å². The Hall–Kier alpha value is -2.22. The smallest absolute Gasteiger partial charge is 0.410 e. The van der Waals surface area contributed by atoms with Crippen LogP contribution in [0.15, 0.2) is 12.1 Å². The van der Waals surface area contributed by atoms with Gasteiger partial charge in [0.15, 0.2) is 0 Å². The van der Waals surface area contributed by atoms with Gasteiger partial charge in [0.2, 0.25) is 0 Å². The van der Waals surface area contributed by atoms with E-state index in [4.69, 9.17) is 14.6 Å². The number of nitrogens with zero attached hydrogens (tertiary/aromatic N) is 1. The minimum atomic E-state index is -1.57. The van der Waals surface area contributed by atoms with Crippen LogP contribution in [-0.4, -0.2) is 53.0 Å². The Morgan fingerprint density at radius 1 is 1.23 bits per heavy atom. The lowest BCUT2D eigenvalue weighted by atomic mass is 9.94. The molecule has 1 aliphatic carbocycles. The van der Waals surface area contributed by atoms with Gasteiger partial charge in [-0.2, -0.15) is 0 Å². The topological polar surface area (TPSA) is 76.1 Å². The van der Waals surface area contributed by atoms with Crippen LogP contribution >= 0.6 is 0 Å². The van der Waals surface area contributed by atoms with Crippen LogP contribution in [0.2, 0.25) is 0 Å². The van der Waals surface area contributed by atoms with E-state index in [-0.39, 0.29) is 50.6 Å². The van der Waals surface area contributed by atoms with Crippen LogP contribution in [0.1, 0.15) is 73.9 Å². The van der Waals surface area contributed by atoms with Crippen molar-refractivity contribution in [3.05, 3.63) is 34.6 Å². The molecule has 1 saturated heterocycles. The summed E-state index contributed by atoms with van der Waals surface area (Å²) in [5, 5.41) is 9.13. The van der Waals surface area contributed by atoms with Crippen molar-refractivity contribution in [2.75, 3.05) is 19.7 Å². The Morgan fingerprint density at radius 2 is 1.87 bits per heavy atom. The molecule has 2 fully saturated rings. The van der Waals surface area contributed by atoms with Crippen molar-refractivity contribution in [3.8, 4) is 0 Å². The molecular weight excluding hydrogens is 396 g/mol. The Balaban J connectivity index is 1.55. The number of carboxylic acid groups (broad SMARTS) is 1. The number of halogens is 2. The number of aromatic carboxylic acids is 1. The highest BCUT2D eigenvalue weighted by molar-refractivity contribution is 5.88. The third-order valence-electron chi connectivity index (χ3n) is 5.41. The normalized spacial score (nSPS) is 18.9. The molecule has 1 aromatic rings. The highest BCUT2D eigenvalue weighted by Gasteiger charge is 2.38. The SMILES string of the molecule is CC(C)(C)OC(=O)N1CCC(F)(COCc2cc(F)c(C(=O)O)cc2C2CC2)CC1. The van der Waals surface area contributed by atoms with Gasteiger partial charge in [-0.05, 0) is 62.8 Å². The van der Waals surface area contributed by atoms with Crippen molar-refractivity contribution in [3.63, 3.8) is 0 Å². The number of likely N-dealkylation sites (tertiary alicyclic amines) is 1. The minimum absolute atomic E-state index is 0.0180. The van der Waals surface area contributed by atoms with E-state index in [1.165, 1.54) is 17.0 Å². The molecule has 3 rings (SSSR count). The maximum atomic E-state index is 15.1. The fraction of sp³-hybridized carbons (Fsp3) is 0.636. The molecule has 1 amide bonds. The molecule has 1 heterocycles. The molecule has 0 unspecified atom stereocenters. The maximum Gasteiger partial charge on any atom is 0.410 e. The summed E-state index contributed by atoms with van der Waals surface area (Å²) in [6.45, 7) is 5.68. The molecule has 1 aliphatic heterocycles. The zero-order valence-electron chi connectivity index (χ0n) is 17.7. The van der Waals surface area contributed by atoms with Crippen molar-refractivity contribution >= 4 is 12.1 Å². The number of ether oxygens (including phenoxy) is 2. The van der Waals surface area contributed by atoms with Crippen molar-refractivity contribution in [1.82, 2.24) is 4.90 Å². The second-order valence-corrected chi connectivity index (χ2v) is 9.22. The van der Waals surface area contributed by atoms with Gasteiger partial charge < -0.3 is 19.5 Å². The van der Waals surface area contributed by atoms with Crippen molar-refractivity contribution in [2.24, 2.45) is 0 Å². The second kappa shape index (κ2) is 8.49. The molecule has 2 aliphatic rings. The highest BCUT2D eigenvalue weighted by atomic mass is 19.1. The first kappa shape index (κ1) is 22.5. The number of rotatable bonds is 6. The molecule has 1 saturated carbocycles. The van der Waals surface area contributed by atoms with E-state index in [1.54, 1.807) is 20.8 Å². The number of hydrogen-bond acceptors (Lipinski definition) is 4. The summed E-state index contributed by atoms with van der Waals surface area (Å²) in [6, 6.07) is 2.56. The van der Waals surface area contributed by atoms with Gasteiger partial charge in [-0.1, -0.05) is 0 Å². The zero-order chi connectivity index (χ0) is 22.1. The Bertz CT molecular complexity index is 808. The molecule has 0 spiro atoms. The molecule has 30 heavy (non-hydrogen) atoms. The maximum absolute atomic E-state index is 15.1. The molecule has 0 bridgehead atoms. The van der Waals surface area contributed by atoms with Crippen molar-refractivity contribution in [2.45, 2.75) is 70.2 Å². The fourth-order valence-electron chi connectivity index (χ4n) is 3.60. The molecule has 166 valence electrons. The van der Waals surface area contributed by atoms with Gasteiger partial charge in [-0.25, -0.2) is 18.4 Å². The number of carbonyl (C=O) groups excluding carboxylic acids is 1. The zero-order valence-corrected chi connectivity index (χ0v) is 17.7. The van der Waals surface area contributed by atoms with Gasteiger partial charge in [-0.15, -0.1) is 0 Å². The fourth-order valence-corrected chi connectivity index (χ4v) is 3.60. The minimum Gasteiger partial charge on any atom is -0.478 e. The summed E-state index contributed by atoms with van der Waals surface area (Å²) in [6.07, 6.45) is 1.66. The summed E-state index contributed by atoms with van der Waals surface area (Å²) in [4.78, 5) is 24.8. The van der Waals surface area contributed by atoms with E-state index in [0.29, 0.717) is 5.56 Å². The molecule has 0 radical (unpaired) electrons. The molecule has 0 atom stereocenters. The third kappa shape index (κ3) is 5.68. The monoisotopic (exact) mass is 425 g/mol. The van der Waals surface area contributed by atoms with E-state index >= 15 is 4.39 Å². The van der Waals surface area contributed by atoms with Gasteiger partial charge in [0.1, 0.15) is 17.1 Å². The third-order valence-corrected chi connectivity index (χ3v) is 5.41. The number of hydrogen-bond donors (Lipinski definition) is 1. The van der Waals surface area contributed by atoms with Gasteiger partial charge in [-0.3, -0.25) is 0 Å². The van der Waals surface area contributed by atoms with Gasteiger partial charge in [0.25, 0.3) is 0 Å². The summed E-state index contributed by atoms with van der Waals surface area (Å²) >= 11 is 0. The van der Waals surface area contributed by atoms with Crippen LogP contribution in [0, 0.1) is 5.82 Å². The summed E-state index contributed by atoms with van der Waals surface area (Å²) in [5.41, 5.74) is -1.19. The van der Waals surface area contributed by atoms with Crippen LogP contribution in [0.3, 0.4) is 0 Å². The first-order valence-electron chi connectivity index (χ1n) is 10.3. The van der Waals surface area contributed by atoms with Crippen molar-refractivity contribution < 1.29 is 33.0 Å². The van der Waals surface area contributed by atoms with Crippen LogP contribution in [0.25, 0.3) is 0 Å². The first-order valence-corrected chi connectivity index (χ1v) is 10.3. The molecule has 1 N–H and O–H groups in total. The average molecular weight is 425 g/mol. The quantitative estimate of drug-likeness (QED) is 0.718. The Kier molecular flexibility index (Phi) is 6.36. The second-order valence-electron chi connectivity index (χ2n) is 9.22.